The summed E-state index contributed by atoms with van der Waals surface area (Å²) in [5.41, 5.74) is 0. The molecule has 1 fully saturated rings. The van der Waals surface area contributed by atoms with Crippen molar-refractivity contribution >= 4 is 11.8 Å². The summed E-state index contributed by atoms with van der Waals surface area (Å²) in [6.07, 6.45) is 3.82. The van der Waals surface area contributed by atoms with E-state index in [1.54, 1.807) is 0 Å². The second kappa shape index (κ2) is 5.13. The Labute approximate surface area is 79.9 Å². The van der Waals surface area contributed by atoms with Crippen LogP contribution in [0.15, 0.2) is 0 Å². The molecule has 2 heteroatoms. The van der Waals surface area contributed by atoms with E-state index in [0.29, 0.717) is 5.92 Å². The van der Waals surface area contributed by atoms with E-state index in [0.717, 1.165) is 11.7 Å². The Balaban J connectivity index is 2.06. The molecule has 0 saturated carbocycles. The molecule has 2 unspecified atom stereocenters. The number of hydrogen-bond acceptors (Lipinski definition) is 2. The maximum absolute atomic E-state index is 9.53. The van der Waals surface area contributed by atoms with E-state index in [1.807, 2.05) is 11.8 Å². The molecule has 1 nitrogen and oxygen atoms in total. The van der Waals surface area contributed by atoms with Crippen molar-refractivity contribution in [3.05, 3.63) is 0 Å². The molecular formula is C10H20OS. The summed E-state index contributed by atoms with van der Waals surface area (Å²) in [5, 5.41) is 9.53. The molecule has 2 atom stereocenters. The number of aliphatic hydroxyl groups is 1. The molecule has 0 bridgehead atoms. The Hall–Kier alpha value is 0.310. The highest BCUT2D eigenvalue weighted by Gasteiger charge is 2.24. The fourth-order valence-corrected chi connectivity index (χ4v) is 2.99. The van der Waals surface area contributed by atoms with E-state index >= 15 is 0 Å². The summed E-state index contributed by atoms with van der Waals surface area (Å²) >= 11 is 1.90. The van der Waals surface area contributed by atoms with Crippen LogP contribution < -0.4 is 0 Å². The average molecular weight is 188 g/mol. The molecule has 0 aromatic heterocycles. The van der Waals surface area contributed by atoms with Crippen LogP contribution in [-0.4, -0.2) is 22.7 Å². The number of rotatable bonds is 4. The highest BCUT2D eigenvalue weighted by molar-refractivity contribution is 7.99. The van der Waals surface area contributed by atoms with Gasteiger partial charge in [-0.2, -0.15) is 11.8 Å². The van der Waals surface area contributed by atoms with Gasteiger partial charge in [-0.05, 0) is 24.0 Å². The van der Waals surface area contributed by atoms with E-state index in [2.05, 4.69) is 13.8 Å². The van der Waals surface area contributed by atoms with Gasteiger partial charge >= 0.3 is 0 Å². The number of thioether (sulfide) groups is 1. The Morgan fingerprint density at radius 2 is 2.17 bits per heavy atom. The van der Waals surface area contributed by atoms with Gasteiger partial charge < -0.3 is 5.11 Å². The van der Waals surface area contributed by atoms with Gasteiger partial charge in [-0.15, -0.1) is 0 Å². The number of hydrogen-bond donors (Lipinski definition) is 1. The van der Waals surface area contributed by atoms with Gasteiger partial charge in [0.05, 0.1) is 6.10 Å². The lowest BCUT2D eigenvalue weighted by Crippen LogP contribution is -2.17. The largest absolute Gasteiger partial charge is 0.392 e. The third-order valence-corrected chi connectivity index (χ3v) is 3.76. The highest BCUT2D eigenvalue weighted by Crippen LogP contribution is 2.28. The van der Waals surface area contributed by atoms with Crippen LogP contribution in [-0.2, 0) is 0 Å². The Morgan fingerprint density at radius 1 is 1.42 bits per heavy atom. The average Bonchev–Trinajstić information content (AvgIpc) is 2.36. The van der Waals surface area contributed by atoms with Gasteiger partial charge in [0.25, 0.3) is 0 Å². The summed E-state index contributed by atoms with van der Waals surface area (Å²) in [5.74, 6) is 3.55. The molecule has 0 amide bonds. The van der Waals surface area contributed by atoms with E-state index in [9.17, 15) is 5.11 Å². The van der Waals surface area contributed by atoms with Crippen LogP contribution in [0.25, 0.3) is 0 Å². The van der Waals surface area contributed by atoms with Crippen LogP contribution >= 0.6 is 11.8 Å². The molecule has 0 aromatic carbocycles. The molecular weight excluding hydrogens is 168 g/mol. The summed E-state index contributed by atoms with van der Waals surface area (Å²) in [7, 11) is 0. The minimum atomic E-state index is -0.0119. The van der Waals surface area contributed by atoms with Gasteiger partial charge in [0, 0.05) is 5.75 Å². The fourth-order valence-electron chi connectivity index (χ4n) is 1.65. The lowest BCUT2D eigenvalue weighted by molar-refractivity contribution is 0.142. The predicted octanol–water partition coefficient (Wildman–Crippen LogP) is 2.54. The summed E-state index contributed by atoms with van der Waals surface area (Å²) in [6.45, 7) is 4.53. The van der Waals surface area contributed by atoms with E-state index < -0.39 is 0 Å². The first-order valence-corrected chi connectivity index (χ1v) is 6.11. The van der Waals surface area contributed by atoms with Crippen molar-refractivity contribution in [2.45, 2.75) is 39.2 Å². The maximum Gasteiger partial charge on any atom is 0.0666 e. The van der Waals surface area contributed by atoms with Gasteiger partial charge in [-0.3, -0.25) is 0 Å². The Morgan fingerprint density at radius 3 is 2.67 bits per heavy atom. The third kappa shape index (κ3) is 3.36. The van der Waals surface area contributed by atoms with Gasteiger partial charge in [-0.1, -0.05) is 26.7 Å². The van der Waals surface area contributed by atoms with E-state index in [1.165, 1.54) is 25.0 Å². The molecule has 12 heavy (non-hydrogen) atoms. The second-order valence-corrected chi connectivity index (χ2v) is 5.26. The summed E-state index contributed by atoms with van der Waals surface area (Å²) in [6, 6.07) is 0. The van der Waals surface area contributed by atoms with Gasteiger partial charge in [-0.25, -0.2) is 0 Å². The Bertz CT molecular complexity index is 125. The fraction of sp³-hybridized carbons (Fsp3) is 1.00. The zero-order valence-corrected chi connectivity index (χ0v) is 8.94. The van der Waals surface area contributed by atoms with E-state index in [4.69, 9.17) is 0 Å². The predicted molar refractivity (Wildman–Crippen MR) is 55.5 cm³/mol. The van der Waals surface area contributed by atoms with Crippen LogP contribution in [0.1, 0.15) is 33.1 Å². The normalized spacial score (nSPS) is 30.0. The standard InChI is InChI=1S/C10H20OS/c1-8(2)4-3-5-9-6-12-7-10(9)11/h8-11H,3-7H2,1-2H3. The highest BCUT2D eigenvalue weighted by atomic mass is 32.2. The molecule has 1 heterocycles. The van der Waals surface area contributed by atoms with Gasteiger partial charge in [0.2, 0.25) is 0 Å². The first-order chi connectivity index (χ1) is 5.70. The van der Waals surface area contributed by atoms with Crippen molar-refractivity contribution in [2.24, 2.45) is 11.8 Å². The molecule has 1 aliphatic rings. The van der Waals surface area contributed by atoms with Gasteiger partial charge in [0.1, 0.15) is 0 Å². The zero-order valence-electron chi connectivity index (χ0n) is 8.12. The van der Waals surface area contributed by atoms with E-state index in [-0.39, 0.29) is 6.10 Å². The molecule has 0 spiro atoms. The Kier molecular flexibility index (Phi) is 4.44. The molecule has 1 saturated heterocycles. The minimum absolute atomic E-state index is 0.0119. The first kappa shape index (κ1) is 10.4. The lowest BCUT2D eigenvalue weighted by atomic mass is 9.96. The maximum atomic E-state index is 9.53. The minimum Gasteiger partial charge on any atom is -0.392 e. The first-order valence-electron chi connectivity index (χ1n) is 4.96. The van der Waals surface area contributed by atoms with Crippen molar-refractivity contribution in [3.8, 4) is 0 Å². The van der Waals surface area contributed by atoms with Crippen molar-refractivity contribution in [2.75, 3.05) is 11.5 Å². The summed E-state index contributed by atoms with van der Waals surface area (Å²) < 4.78 is 0. The van der Waals surface area contributed by atoms with Crippen LogP contribution in [0.4, 0.5) is 0 Å². The lowest BCUT2D eigenvalue weighted by Gasteiger charge is -2.13. The van der Waals surface area contributed by atoms with Crippen molar-refractivity contribution in [3.63, 3.8) is 0 Å². The van der Waals surface area contributed by atoms with Crippen LogP contribution in [0.5, 0.6) is 0 Å². The quantitative estimate of drug-likeness (QED) is 0.731. The van der Waals surface area contributed by atoms with Crippen LogP contribution in [0.2, 0.25) is 0 Å². The molecule has 0 aliphatic carbocycles. The molecule has 0 aromatic rings. The molecule has 1 rings (SSSR count). The third-order valence-electron chi connectivity index (χ3n) is 2.52. The van der Waals surface area contributed by atoms with Crippen molar-refractivity contribution in [1.29, 1.82) is 0 Å². The number of aliphatic hydroxyl groups excluding tert-OH is 1. The van der Waals surface area contributed by atoms with Crippen LogP contribution in [0.3, 0.4) is 0 Å². The second-order valence-electron chi connectivity index (χ2n) is 4.19. The van der Waals surface area contributed by atoms with Crippen molar-refractivity contribution in [1.82, 2.24) is 0 Å². The summed E-state index contributed by atoms with van der Waals surface area (Å²) in [4.78, 5) is 0. The zero-order chi connectivity index (χ0) is 8.97. The topological polar surface area (TPSA) is 20.2 Å². The monoisotopic (exact) mass is 188 g/mol. The smallest absolute Gasteiger partial charge is 0.0666 e. The van der Waals surface area contributed by atoms with Gasteiger partial charge in [0.15, 0.2) is 0 Å². The van der Waals surface area contributed by atoms with Crippen LogP contribution in [0, 0.1) is 11.8 Å². The van der Waals surface area contributed by atoms with Crippen molar-refractivity contribution < 1.29 is 5.11 Å². The molecule has 1 aliphatic heterocycles. The molecule has 1 N–H and O–H groups in total. The molecule has 72 valence electrons. The SMILES string of the molecule is CC(C)CCCC1CSCC1O. The molecule has 0 radical (unpaired) electrons.